The first-order valence-electron chi connectivity index (χ1n) is 18.6. The van der Waals surface area contributed by atoms with E-state index >= 15 is 0 Å². The van der Waals surface area contributed by atoms with Crippen LogP contribution in [0.5, 0.6) is 0 Å². The van der Waals surface area contributed by atoms with Crippen molar-refractivity contribution in [1.82, 2.24) is 19.4 Å². The van der Waals surface area contributed by atoms with Crippen LogP contribution in [-0.4, -0.2) is 68.1 Å². The van der Waals surface area contributed by atoms with E-state index in [0.717, 1.165) is 24.8 Å². The van der Waals surface area contributed by atoms with Gasteiger partial charge < -0.3 is 19.5 Å². The highest BCUT2D eigenvalue weighted by atomic mass is 35.5. The number of aromatic nitrogens is 2. The number of amides is 4. The highest BCUT2D eigenvalue weighted by molar-refractivity contribution is 6.34. The van der Waals surface area contributed by atoms with Gasteiger partial charge in [0.1, 0.15) is 12.2 Å². The number of carbonyl (C=O) groups is 5. The lowest BCUT2D eigenvalue weighted by atomic mass is 10.0. The van der Waals surface area contributed by atoms with Crippen molar-refractivity contribution in [1.29, 1.82) is 0 Å². The molecule has 280 valence electrons. The Balaban J connectivity index is 1.29. The van der Waals surface area contributed by atoms with Gasteiger partial charge in [-0.05, 0) is 30.2 Å². The van der Waals surface area contributed by atoms with Crippen LogP contribution < -0.4 is 5.32 Å². The zero-order valence-corrected chi connectivity index (χ0v) is 31.2. The van der Waals surface area contributed by atoms with Crippen molar-refractivity contribution in [3.05, 3.63) is 82.9 Å². The second-order valence-electron chi connectivity index (χ2n) is 13.5. The maximum atomic E-state index is 13.9. The number of aryl methyl sites for hydroxylation is 1. The summed E-state index contributed by atoms with van der Waals surface area (Å²) in [5, 5.41) is 2.67. The number of Topliss-reactive ketones (excluding diaryl/α,β-unsaturated/α-hetero) is 1. The van der Waals surface area contributed by atoms with Crippen molar-refractivity contribution in [2.45, 2.75) is 109 Å². The Hall–Kier alpha value is -4.51. The summed E-state index contributed by atoms with van der Waals surface area (Å²) in [5.41, 5.74) is 0.987. The van der Waals surface area contributed by atoms with E-state index in [1.807, 2.05) is 30.3 Å². The first-order valence-corrected chi connectivity index (χ1v) is 19.0. The van der Waals surface area contributed by atoms with Crippen molar-refractivity contribution < 1.29 is 28.7 Å². The van der Waals surface area contributed by atoms with Crippen molar-refractivity contribution in [3.63, 3.8) is 0 Å². The number of unbranched alkanes of at least 4 members (excludes halogenated alkanes) is 13. The summed E-state index contributed by atoms with van der Waals surface area (Å²) in [6.07, 6.45) is 19.8. The first-order chi connectivity index (χ1) is 25.2. The van der Waals surface area contributed by atoms with Crippen LogP contribution in [0.2, 0.25) is 5.02 Å². The molecule has 1 aliphatic heterocycles. The Labute approximate surface area is 312 Å². The second-order valence-corrected chi connectivity index (χ2v) is 13.9. The molecule has 1 fully saturated rings. The standard InChI is InChI=1S/C40H52ClN5O6/c1-3-4-5-6-7-8-9-10-11-12-13-14-15-19-24-52-39(50)31-22-23-32(41)33(25-31)43-38(49)36(37(48)34-26-42-29-44(34)2)46-35(47)28-45(40(46)51)27-30-20-17-16-18-21-30/h16-18,20-23,25-26,29,36H,3-15,19,24,27-28H2,1-2H3,(H,43,49). The molecular weight excluding hydrogens is 682 g/mol. The third-order valence-electron chi connectivity index (χ3n) is 9.30. The number of halogens is 1. The first kappa shape index (κ1) is 40.3. The van der Waals surface area contributed by atoms with Gasteiger partial charge >= 0.3 is 12.0 Å². The van der Waals surface area contributed by atoms with Crippen molar-refractivity contribution in [2.75, 3.05) is 18.5 Å². The second kappa shape index (κ2) is 21.1. The molecule has 11 nitrogen and oxygen atoms in total. The van der Waals surface area contributed by atoms with E-state index in [1.54, 1.807) is 7.05 Å². The van der Waals surface area contributed by atoms with Crippen molar-refractivity contribution in [3.8, 4) is 0 Å². The van der Waals surface area contributed by atoms with Crippen LogP contribution in [0.15, 0.2) is 61.1 Å². The topological polar surface area (TPSA) is 131 Å². The average molecular weight is 734 g/mol. The van der Waals surface area contributed by atoms with E-state index in [2.05, 4.69) is 17.2 Å². The summed E-state index contributed by atoms with van der Waals surface area (Å²) in [6, 6.07) is 10.7. The molecule has 0 saturated carbocycles. The van der Waals surface area contributed by atoms with Gasteiger partial charge in [-0.1, -0.05) is 132 Å². The number of carbonyl (C=O) groups excluding carboxylic acids is 5. The van der Waals surface area contributed by atoms with E-state index in [0.29, 0.717) is 4.90 Å². The molecule has 2 aromatic carbocycles. The molecule has 2 heterocycles. The largest absolute Gasteiger partial charge is 0.462 e. The molecule has 0 aliphatic carbocycles. The lowest BCUT2D eigenvalue weighted by molar-refractivity contribution is -0.131. The van der Waals surface area contributed by atoms with Gasteiger partial charge in [0.2, 0.25) is 5.78 Å². The molecule has 1 saturated heterocycles. The van der Waals surface area contributed by atoms with Gasteiger partial charge in [0.05, 0.1) is 35.4 Å². The molecule has 4 rings (SSSR count). The van der Waals surface area contributed by atoms with Crippen molar-refractivity contribution >= 4 is 46.9 Å². The molecule has 52 heavy (non-hydrogen) atoms. The number of urea groups is 1. The number of benzene rings is 2. The van der Waals surface area contributed by atoms with Crippen LogP contribution in [0.3, 0.4) is 0 Å². The van der Waals surface area contributed by atoms with Gasteiger partial charge in [0.25, 0.3) is 11.8 Å². The lowest BCUT2D eigenvalue weighted by Gasteiger charge is -2.25. The number of anilines is 1. The Morgan fingerprint density at radius 2 is 1.48 bits per heavy atom. The van der Waals surface area contributed by atoms with Gasteiger partial charge in [0, 0.05) is 13.6 Å². The average Bonchev–Trinajstić information content (AvgIpc) is 3.69. The highest BCUT2D eigenvalue weighted by Gasteiger charge is 2.47. The number of rotatable bonds is 23. The van der Waals surface area contributed by atoms with E-state index in [1.165, 1.54) is 111 Å². The van der Waals surface area contributed by atoms with Crippen LogP contribution in [0.25, 0.3) is 0 Å². The number of nitrogens with zero attached hydrogens (tertiary/aromatic N) is 4. The van der Waals surface area contributed by atoms with Crippen LogP contribution >= 0.6 is 11.6 Å². The molecule has 1 aliphatic rings. The molecular formula is C40H52ClN5O6. The summed E-state index contributed by atoms with van der Waals surface area (Å²) < 4.78 is 6.89. The third-order valence-corrected chi connectivity index (χ3v) is 9.63. The van der Waals surface area contributed by atoms with Crippen LogP contribution in [0.1, 0.15) is 123 Å². The Bertz CT molecular complexity index is 1640. The van der Waals surface area contributed by atoms with E-state index in [4.69, 9.17) is 16.3 Å². The molecule has 0 bridgehead atoms. The lowest BCUT2D eigenvalue weighted by Crippen LogP contribution is -2.52. The number of esters is 1. The molecule has 0 spiro atoms. The zero-order valence-electron chi connectivity index (χ0n) is 30.5. The van der Waals surface area contributed by atoms with Gasteiger partial charge in [-0.15, -0.1) is 0 Å². The van der Waals surface area contributed by atoms with Crippen LogP contribution in [0.4, 0.5) is 10.5 Å². The number of hydrogen-bond donors (Lipinski definition) is 1. The molecule has 1 aromatic heterocycles. The molecule has 12 heteroatoms. The minimum atomic E-state index is -1.86. The summed E-state index contributed by atoms with van der Waals surface area (Å²) in [7, 11) is 1.56. The van der Waals surface area contributed by atoms with E-state index in [9.17, 15) is 24.0 Å². The predicted octanol–water partition coefficient (Wildman–Crippen LogP) is 8.37. The van der Waals surface area contributed by atoms with E-state index in [-0.39, 0.29) is 41.7 Å². The number of hydrogen-bond acceptors (Lipinski definition) is 7. The molecule has 1 N–H and O–H groups in total. The van der Waals surface area contributed by atoms with Crippen LogP contribution in [0, 0.1) is 0 Å². The Morgan fingerprint density at radius 1 is 0.865 bits per heavy atom. The monoisotopic (exact) mass is 733 g/mol. The summed E-state index contributed by atoms with van der Waals surface area (Å²) in [5.74, 6) is -3.06. The predicted molar refractivity (Wildman–Crippen MR) is 201 cm³/mol. The number of imidazole rings is 1. The summed E-state index contributed by atoms with van der Waals surface area (Å²) in [4.78, 5) is 73.3. The van der Waals surface area contributed by atoms with Gasteiger partial charge in [-0.25, -0.2) is 19.5 Å². The SMILES string of the molecule is CCCCCCCCCCCCCCCCOC(=O)c1ccc(Cl)c(NC(=O)C(C(=O)c2cncn2C)N2C(=O)CN(Cc3ccccc3)C2=O)c1. The third kappa shape index (κ3) is 11.8. The number of nitrogens with one attached hydrogen (secondary N) is 1. The highest BCUT2D eigenvalue weighted by Crippen LogP contribution is 2.26. The fourth-order valence-electron chi connectivity index (χ4n) is 6.33. The minimum Gasteiger partial charge on any atom is -0.462 e. The molecule has 1 unspecified atom stereocenters. The maximum Gasteiger partial charge on any atom is 0.338 e. The summed E-state index contributed by atoms with van der Waals surface area (Å²) in [6.45, 7) is 2.32. The van der Waals surface area contributed by atoms with Gasteiger partial charge in [-0.3, -0.25) is 14.4 Å². The minimum absolute atomic E-state index is 0.0224. The van der Waals surface area contributed by atoms with Gasteiger partial charge in [0.15, 0.2) is 6.04 Å². The number of ether oxygens (including phenoxy) is 1. The summed E-state index contributed by atoms with van der Waals surface area (Å²) >= 11 is 6.41. The Kier molecular flexibility index (Phi) is 16.4. The van der Waals surface area contributed by atoms with E-state index < -0.39 is 35.6 Å². The Morgan fingerprint density at radius 3 is 2.08 bits per heavy atom. The van der Waals surface area contributed by atoms with Crippen molar-refractivity contribution in [2.24, 2.45) is 7.05 Å². The smallest absolute Gasteiger partial charge is 0.338 e. The normalized spacial score (nSPS) is 13.4. The van der Waals surface area contributed by atoms with Gasteiger partial charge in [-0.2, -0.15) is 0 Å². The fourth-order valence-corrected chi connectivity index (χ4v) is 6.49. The molecule has 3 aromatic rings. The zero-order chi connectivity index (χ0) is 37.3. The molecule has 1 atom stereocenters. The number of ketones is 1. The quantitative estimate of drug-likeness (QED) is 0.0341. The van der Waals surface area contributed by atoms with Crippen LogP contribution in [-0.2, 0) is 27.9 Å². The maximum absolute atomic E-state index is 13.9. The number of imide groups is 1. The molecule has 0 radical (unpaired) electrons. The molecule has 4 amide bonds. The fraction of sp³-hybridized carbons (Fsp3) is 0.500.